The molecule has 0 bridgehead atoms. The molecule has 4 heterocycles. The van der Waals surface area contributed by atoms with Gasteiger partial charge in [0.2, 0.25) is 0 Å². The number of ketones is 2. The fraction of sp³-hybridized carbons (Fsp3) is 0.656. The van der Waals surface area contributed by atoms with Crippen molar-refractivity contribution < 1.29 is 29.3 Å². The Kier molecular flexibility index (Phi) is 10.4. The second-order valence-corrected chi connectivity index (χ2v) is 14.7. The molecule has 0 aromatic carbocycles. The number of rotatable bonds is 5. The van der Waals surface area contributed by atoms with Crippen LogP contribution in [0.2, 0.25) is 0 Å². The Morgan fingerprint density at radius 2 is 1.81 bits per heavy atom. The summed E-state index contributed by atoms with van der Waals surface area (Å²) < 4.78 is 6.04. The third-order valence-electron chi connectivity index (χ3n) is 9.40. The first-order chi connectivity index (χ1) is 20.2. The zero-order chi connectivity index (χ0) is 31.7. The molecular formula is C32H45N3O6S2. The topological polar surface area (TPSA) is 130 Å². The Balaban J connectivity index is 1.63. The molecule has 1 unspecified atom stereocenters. The highest BCUT2D eigenvalue weighted by Gasteiger charge is 2.58. The van der Waals surface area contributed by atoms with Crippen LogP contribution in [-0.2, 0) is 19.1 Å². The largest absolute Gasteiger partial charge is 0.458 e. The molecule has 7 atom stereocenters. The molecule has 2 fully saturated rings. The maximum atomic E-state index is 13.4. The van der Waals surface area contributed by atoms with E-state index in [2.05, 4.69) is 16.8 Å². The molecule has 11 heteroatoms. The molecule has 4 rings (SSSR count). The van der Waals surface area contributed by atoms with Crippen molar-refractivity contribution in [3.8, 4) is 10.0 Å². The Morgan fingerprint density at radius 3 is 2.47 bits per heavy atom. The first kappa shape index (κ1) is 33.6. The number of fused-ring (bicyclic) bond motifs is 1. The van der Waals surface area contributed by atoms with Crippen LogP contribution < -0.4 is 0 Å². The van der Waals surface area contributed by atoms with Gasteiger partial charge in [0.05, 0.1) is 36.2 Å². The molecule has 0 amide bonds. The quantitative estimate of drug-likeness (QED) is 0.263. The van der Waals surface area contributed by atoms with Crippen LogP contribution in [-0.4, -0.2) is 79.6 Å². The number of esters is 1. The van der Waals surface area contributed by atoms with Crippen molar-refractivity contribution in [2.24, 2.45) is 17.3 Å². The van der Waals surface area contributed by atoms with Crippen LogP contribution in [0.15, 0.2) is 16.3 Å². The van der Waals surface area contributed by atoms with E-state index in [1.54, 1.807) is 32.1 Å². The van der Waals surface area contributed by atoms with Gasteiger partial charge in [-0.25, -0.2) is 9.97 Å². The number of ether oxygens (including phenoxy) is 1. The summed E-state index contributed by atoms with van der Waals surface area (Å²) in [5, 5.41) is 26.5. The number of hydrogen-bond donors (Lipinski definition) is 2. The summed E-state index contributed by atoms with van der Waals surface area (Å²) in [5.74, 6) is -2.30. The number of hydrogen-bond acceptors (Lipinski definition) is 11. The smallest absolute Gasteiger partial charge is 0.309 e. The van der Waals surface area contributed by atoms with E-state index in [0.717, 1.165) is 39.8 Å². The minimum atomic E-state index is -1.31. The normalized spacial score (nSPS) is 32.8. The van der Waals surface area contributed by atoms with E-state index in [4.69, 9.17) is 9.72 Å². The van der Waals surface area contributed by atoms with Crippen LogP contribution in [0.1, 0.15) is 85.0 Å². The van der Waals surface area contributed by atoms with Crippen LogP contribution in [0.25, 0.3) is 16.1 Å². The monoisotopic (exact) mass is 631 g/mol. The molecule has 0 spiro atoms. The Bertz CT molecular complexity index is 1370. The number of β-amino-alcohol motifs (C(OH)–C–C–N with tert-alkyl or cyclic N) is 1. The highest BCUT2D eigenvalue weighted by Crippen LogP contribution is 2.48. The van der Waals surface area contributed by atoms with Crippen molar-refractivity contribution in [2.45, 2.75) is 104 Å². The van der Waals surface area contributed by atoms with Gasteiger partial charge in [0.1, 0.15) is 11.9 Å². The van der Waals surface area contributed by atoms with Crippen LogP contribution in [0.3, 0.4) is 0 Å². The van der Waals surface area contributed by atoms with E-state index in [1.807, 2.05) is 37.6 Å². The highest BCUT2D eigenvalue weighted by atomic mass is 32.1. The minimum Gasteiger partial charge on any atom is -0.458 e. The van der Waals surface area contributed by atoms with Gasteiger partial charge in [0.25, 0.3) is 0 Å². The van der Waals surface area contributed by atoms with Crippen molar-refractivity contribution >= 4 is 46.3 Å². The number of cyclic esters (lactones) is 1. The van der Waals surface area contributed by atoms with E-state index < -0.39 is 29.5 Å². The van der Waals surface area contributed by atoms with Crippen LogP contribution in [0.5, 0.6) is 0 Å². The maximum absolute atomic E-state index is 13.4. The van der Waals surface area contributed by atoms with Gasteiger partial charge in [-0.15, -0.1) is 22.7 Å². The molecule has 2 N–H and O–H groups in total. The molecule has 2 aromatic rings. The summed E-state index contributed by atoms with van der Waals surface area (Å²) in [7, 11) is 0. The maximum Gasteiger partial charge on any atom is 0.309 e. The molecular weight excluding hydrogens is 587 g/mol. The number of carbonyl (C=O) groups is 3. The predicted octanol–water partition coefficient (Wildman–Crippen LogP) is 5.09. The first-order valence-electron chi connectivity index (χ1n) is 15.1. The van der Waals surface area contributed by atoms with E-state index >= 15 is 0 Å². The molecule has 9 nitrogen and oxygen atoms in total. The van der Waals surface area contributed by atoms with Crippen LogP contribution >= 0.6 is 22.7 Å². The van der Waals surface area contributed by atoms with Gasteiger partial charge in [0, 0.05) is 46.9 Å². The first-order valence-corrected chi connectivity index (χ1v) is 16.8. The SMILES string of the molecule is C/C(=C\c1csc(-c2nc(C)cs2)n1)[C@@H]1C[C@@H]2N(CCO)[C@]2(C)CCC[C@H](C)C(=O)[C@@H](C)C(=O)C(C)(C)[C@@H](O)CC(=O)O1. The molecule has 2 aromatic heterocycles. The number of Topliss-reactive ketones (excluding diaryl/α,β-unsaturated/α-hetero) is 2. The summed E-state index contributed by atoms with van der Waals surface area (Å²) in [4.78, 5) is 51.3. The summed E-state index contributed by atoms with van der Waals surface area (Å²) in [6.07, 6.45) is 2.41. The number of aromatic nitrogens is 2. The standard InChI is InChI=1S/C32H45N3O6S2/c1-18-9-8-10-32(7)24(35(32)11-12-36)14-23(19(2)13-22-17-43-30(34-22)29-33-20(3)16-42-29)41-26(38)15-25(37)31(5,6)28(40)21(4)27(18)39/h13,16-18,21,23-25,36-37H,8-12,14-15H2,1-7H3/b19-13+/t18-,21+,23-,24-,25-,32+,35?/m0/s1. The Morgan fingerprint density at radius 1 is 1.14 bits per heavy atom. The van der Waals surface area contributed by atoms with Gasteiger partial charge >= 0.3 is 5.97 Å². The third-order valence-corrected chi connectivity index (χ3v) is 11.4. The predicted molar refractivity (Wildman–Crippen MR) is 169 cm³/mol. The fourth-order valence-electron chi connectivity index (χ4n) is 6.36. The van der Waals surface area contributed by atoms with E-state index in [1.165, 1.54) is 11.3 Å². The van der Waals surface area contributed by atoms with Crippen molar-refractivity contribution in [1.29, 1.82) is 0 Å². The third kappa shape index (κ3) is 7.33. The second-order valence-electron chi connectivity index (χ2n) is 13.0. The average Bonchev–Trinajstić information content (AvgIpc) is 3.33. The molecule has 2 saturated heterocycles. The zero-order valence-electron chi connectivity index (χ0n) is 26.3. The van der Waals surface area contributed by atoms with Crippen molar-refractivity contribution in [1.82, 2.24) is 14.9 Å². The number of aliphatic hydroxyl groups excluding tert-OH is 2. The summed E-state index contributed by atoms with van der Waals surface area (Å²) in [5.41, 5.74) is 0.997. The minimum absolute atomic E-state index is 0.0129. The van der Waals surface area contributed by atoms with Crippen molar-refractivity contribution in [3.63, 3.8) is 0 Å². The molecule has 0 saturated carbocycles. The average molecular weight is 632 g/mol. The van der Waals surface area contributed by atoms with Gasteiger partial charge in [-0.05, 0) is 52.2 Å². The molecule has 236 valence electrons. The highest BCUT2D eigenvalue weighted by molar-refractivity contribution is 7.19. The lowest BCUT2D eigenvalue weighted by Crippen LogP contribution is -2.44. The van der Waals surface area contributed by atoms with Gasteiger partial charge < -0.3 is 14.9 Å². The number of aryl methyl sites for hydroxylation is 1. The van der Waals surface area contributed by atoms with Crippen molar-refractivity contribution in [3.05, 3.63) is 27.7 Å². The molecule has 2 aliphatic rings. The lowest BCUT2D eigenvalue weighted by molar-refractivity contribution is -0.154. The number of nitrogens with zero attached hydrogens (tertiary/aromatic N) is 3. The fourth-order valence-corrected chi connectivity index (χ4v) is 7.98. The Hall–Kier alpha value is -2.31. The molecule has 43 heavy (non-hydrogen) atoms. The summed E-state index contributed by atoms with van der Waals surface area (Å²) in [6, 6.07) is 0.0610. The van der Waals surface area contributed by atoms with Gasteiger partial charge in [-0.3, -0.25) is 19.3 Å². The van der Waals surface area contributed by atoms with Crippen LogP contribution in [0.4, 0.5) is 0 Å². The Labute approximate surface area is 262 Å². The summed E-state index contributed by atoms with van der Waals surface area (Å²) >= 11 is 3.05. The van der Waals surface area contributed by atoms with E-state index in [0.29, 0.717) is 19.4 Å². The van der Waals surface area contributed by atoms with E-state index in [9.17, 15) is 24.6 Å². The second kappa shape index (κ2) is 13.4. The van der Waals surface area contributed by atoms with Gasteiger partial charge in [0.15, 0.2) is 15.8 Å². The number of aliphatic hydroxyl groups is 2. The lowest BCUT2D eigenvalue weighted by Gasteiger charge is -2.32. The van der Waals surface area contributed by atoms with Crippen molar-refractivity contribution in [2.75, 3.05) is 13.2 Å². The summed E-state index contributed by atoms with van der Waals surface area (Å²) in [6.45, 7) is 13.2. The molecule has 0 radical (unpaired) electrons. The van der Waals surface area contributed by atoms with Gasteiger partial charge in [-0.2, -0.15) is 0 Å². The molecule has 0 aliphatic carbocycles. The van der Waals surface area contributed by atoms with E-state index in [-0.39, 0.29) is 42.1 Å². The lowest BCUT2D eigenvalue weighted by atomic mass is 9.73. The molecule has 2 aliphatic heterocycles. The number of thiazole rings is 2. The number of carbonyl (C=O) groups excluding carboxylic acids is 3. The van der Waals surface area contributed by atoms with Gasteiger partial charge in [-0.1, -0.05) is 27.2 Å². The van der Waals surface area contributed by atoms with Crippen LogP contribution in [0, 0.1) is 24.2 Å². The zero-order valence-corrected chi connectivity index (χ0v) is 27.9.